The van der Waals surface area contributed by atoms with Crippen molar-refractivity contribution in [1.82, 2.24) is 9.47 Å². The van der Waals surface area contributed by atoms with Crippen molar-refractivity contribution in [2.24, 2.45) is 0 Å². The monoisotopic (exact) mass is 306 g/mol. The minimum absolute atomic E-state index is 0.227. The first-order valence-corrected chi connectivity index (χ1v) is 7.05. The first-order valence-electron chi connectivity index (χ1n) is 6.26. The normalized spacial score (nSPS) is 15.5. The number of likely N-dealkylation sites (tertiary alicyclic amines) is 1. The summed E-state index contributed by atoms with van der Waals surface area (Å²) in [4.78, 5) is 14.1. The fraction of sp³-hybridized carbons (Fsp3) is 0.357. The highest BCUT2D eigenvalue weighted by atomic mass is 79.9. The molecule has 1 fully saturated rings. The van der Waals surface area contributed by atoms with Gasteiger partial charge in [0.15, 0.2) is 0 Å². The Balaban J connectivity index is 1.85. The van der Waals surface area contributed by atoms with E-state index >= 15 is 0 Å². The van der Waals surface area contributed by atoms with Crippen LogP contribution in [0.2, 0.25) is 0 Å². The number of rotatable bonds is 2. The van der Waals surface area contributed by atoms with Crippen molar-refractivity contribution in [1.29, 1.82) is 0 Å². The maximum absolute atomic E-state index is 12.1. The van der Waals surface area contributed by atoms with Crippen LogP contribution in [-0.2, 0) is 11.3 Å². The molecule has 0 radical (unpaired) electrons. The van der Waals surface area contributed by atoms with Gasteiger partial charge >= 0.3 is 0 Å². The van der Waals surface area contributed by atoms with Gasteiger partial charge in [0, 0.05) is 29.3 Å². The van der Waals surface area contributed by atoms with Gasteiger partial charge in [-0.1, -0.05) is 22.0 Å². The van der Waals surface area contributed by atoms with Gasteiger partial charge in [-0.3, -0.25) is 4.79 Å². The summed E-state index contributed by atoms with van der Waals surface area (Å²) in [6.07, 6.45) is 4.28. The van der Waals surface area contributed by atoms with Crippen molar-refractivity contribution in [3.05, 3.63) is 34.9 Å². The molecule has 2 aromatic rings. The van der Waals surface area contributed by atoms with E-state index in [1.807, 2.05) is 21.7 Å². The second kappa shape index (κ2) is 4.76. The molecule has 94 valence electrons. The SMILES string of the molecule is O=C(Cn1ccc2ccc(Br)cc21)N1CCCC1. The third kappa shape index (κ3) is 2.17. The van der Waals surface area contributed by atoms with Crippen LogP contribution in [0.15, 0.2) is 34.9 Å². The van der Waals surface area contributed by atoms with Crippen molar-refractivity contribution in [2.75, 3.05) is 13.1 Å². The number of benzene rings is 1. The summed E-state index contributed by atoms with van der Waals surface area (Å²) in [5.41, 5.74) is 1.11. The van der Waals surface area contributed by atoms with Gasteiger partial charge in [0.05, 0.1) is 0 Å². The number of aromatic nitrogens is 1. The molecule has 2 heterocycles. The minimum Gasteiger partial charge on any atom is -0.341 e. The Morgan fingerprint density at radius 1 is 1.22 bits per heavy atom. The van der Waals surface area contributed by atoms with Crippen molar-refractivity contribution in [3.8, 4) is 0 Å². The molecule has 4 heteroatoms. The number of carbonyl (C=O) groups excluding carboxylic acids is 1. The van der Waals surface area contributed by atoms with Crippen LogP contribution in [0, 0.1) is 0 Å². The highest BCUT2D eigenvalue weighted by Crippen LogP contribution is 2.21. The molecule has 3 nitrogen and oxygen atoms in total. The van der Waals surface area contributed by atoms with Crippen LogP contribution in [0.4, 0.5) is 0 Å². The van der Waals surface area contributed by atoms with Crippen LogP contribution in [0.3, 0.4) is 0 Å². The average Bonchev–Trinajstić information content (AvgIpc) is 2.99. The van der Waals surface area contributed by atoms with E-state index in [1.54, 1.807) is 0 Å². The van der Waals surface area contributed by atoms with E-state index in [0.717, 1.165) is 35.9 Å². The Morgan fingerprint density at radius 3 is 2.78 bits per heavy atom. The molecule has 1 aliphatic rings. The molecule has 0 aliphatic carbocycles. The topological polar surface area (TPSA) is 25.2 Å². The molecular formula is C14H15BrN2O. The molecule has 0 unspecified atom stereocenters. The van der Waals surface area contributed by atoms with E-state index in [2.05, 4.69) is 34.1 Å². The summed E-state index contributed by atoms with van der Waals surface area (Å²) < 4.78 is 3.07. The molecule has 0 spiro atoms. The van der Waals surface area contributed by atoms with Gasteiger partial charge in [0.2, 0.25) is 5.91 Å². The summed E-state index contributed by atoms with van der Waals surface area (Å²) in [5.74, 6) is 0.227. The number of fused-ring (bicyclic) bond motifs is 1. The lowest BCUT2D eigenvalue weighted by molar-refractivity contribution is -0.130. The van der Waals surface area contributed by atoms with E-state index in [0.29, 0.717) is 6.54 Å². The lowest BCUT2D eigenvalue weighted by atomic mass is 10.2. The fourth-order valence-electron chi connectivity index (χ4n) is 2.51. The molecule has 0 atom stereocenters. The van der Waals surface area contributed by atoms with Gasteiger partial charge in [0.1, 0.15) is 6.54 Å². The van der Waals surface area contributed by atoms with Crippen LogP contribution in [0.25, 0.3) is 10.9 Å². The highest BCUT2D eigenvalue weighted by Gasteiger charge is 2.18. The van der Waals surface area contributed by atoms with Crippen LogP contribution >= 0.6 is 15.9 Å². The van der Waals surface area contributed by atoms with Gasteiger partial charge in [0.25, 0.3) is 0 Å². The van der Waals surface area contributed by atoms with Gasteiger partial charge in [-0.15, -0.1) is 0 Å². The van der Waals surface area contributed by atoms with Crippen LogP contribution < -0.4 is 0 Å². The van der Waals surface area contributed by atoms with Gasteiger partial charge in [-0.25, -0.2) is 0 Å². The Hall–Kier alpha value is -1.29. The maximum Gasteiger partial charge on any atom is 0.242 e. The first kappa shape index (κ1) is 11.8. The summed E-state index contributed by atoms with van der Waals surface area (Å²) in [6, 6.07) is 8.21. The second-order valence-electron chi connectivity index (χ2n) is 4.73. The maximum atomic E-state index is 12.1. The molecule has 0 bridgehead atoms. The van der Waals surface area contributed by atoms with Crippen molar-refractivity contribution in [2.45, 2.75) is 19.4 Å². The fourth-order valence-corrected chi connectivity index (χ4v) is 2.86. The predicted octanol–water partition coefficient (Wildman–Crippen LogP) is 3.03. The van der Waals surface area contributed by atoms with Crippen LogP contribution in [0.5, 0.6) is 0 Å². The van der Waals surface area contributed by atoms with E-state index in [1.165, 1.54) is 5.39 Å². The highest BCUT2D eigenvalue weighted by molar-refractivity contribution is 9.10. The van der Waals surface area contributed by atoms with Crippen molar-refractivity contribution >= 4 is 32.7 Å². The number of nitrogens with zero attached hydrogens (tertiary/aromatic N) is 2. The second-order valence-corrected chi connectivity index (χ2v) is 5.65. The molecule has 1 aromatic carbocycles. The molecule has 1 aliphatic heterocycles. The molecule has 1 saturated heterocycles. The van der Waals surface area contributed by atoms with Crippen LogP contribution in [-0.4, -0.2) is 28.5 Å². The summed E-state index contributed by atoms with van der Waals surface area (Å²) in [7, 11) is 0. The zero-order chi connectivity index (χ0) is 12.5. The Kier molecular flexibility index (Phi) is 3.12. The number of carbonyl (C=O) groups is 1. The number of halogens is 1. The van der Waals surface area contributed by atoms with E-state index in [9.17, 15) is 4.79 Å². The number of hydrogen-bond acceptors (Lipinski definition) is 1. The number of hydrogen-bond donors (Lipinski definition) is 0. The summed E-state index contributed by atoms with van der Waals surface area (Å²) in [6.45, 7) is 2.28. The Morgan fingerprint density at radius 2 is 2.00 bits per heavy atom. The van der Waals surface area contributed by atoms with Gasteiger partial charge in [-0.2, -0.15) is 0 Å². The zero-order valence-corrected chi connectivity index (χ0v) is 11.7. The Labute approximate surface area is 115 Å². The van der Waals surface area contributed by atoms with Crippen molar-refractivity contribution in [3.63, 3.8) is 0 Å². The first-order chi connectivity index (χ1) is 8.74. The van der Waals surface area contributed by atoms with Crippen LogP contribution in [0.1, 0.15) is 12.8 Å². The standard InChI is InChI=1S/C14H15BrN2O/c15-12-4-3-11-5-8-17(13(11)9-12)10-14(18)16-6-1-2-7-16/h3-5,8-9H,1-2,6-7,10H2. The molecule has 3 rings (SSSR count). The summed E-state index contributed by atoms with van der Waals surface area (Å²) in [5, 5.41) is 1.17. The lowest BCUT2D eigenvalue weighted by Crippen LogP contribution is -2.30. The van der Waals surface area contributed by atoms with E-state index in [4.69, 9.17) is 0 Å². The minimum atomic E-state index is 0.227. The molecule has 0 N–H and O–H groups in total. The third-order valence-electron chi connectivity index (χ3n) is 3.50. The van der Waals surface area contributed by atoms with E-state index in [-0.39, 0.29) is 5.91 Å². The van der Waals surface area contributed by atoms with Crippen molar-refractivity contribution < 1.29 is 4.79 Å². The zero-order valence-electron chi connectivity index (χ0n) is 10.1. The molecule has 1 aromatic heterocycles. The smallest absolute Gasteiger partial charge is 0.242 e. The Bertz CT molecular complexity index is 584. The predicted molar refractivity (Wildman–Crippen MR) is 75.5 cm³/mol. The van der Waals surface area contributed by atoms with E-state index < -0.39 is 0 Å². The molecule has 1 amide bonds. The summed E-state index contributed by atoms with van der Waals surface area (Å²) >= 11 is 3.48. The number of amides is 1. The molecular weight excluding hydrogens is 292 g/mol. The van der Waals surface area contributed by atoms with Gasteiger partial charge < -0.3 is 9.47 Å². The lowest BCUT2D eigenvalue weighted by Gasteiger charge is -2.16. The largest absolute Gasteiger partial charge is 0.341 e. The third-order valence-corrected chi connectivity index (χ3v) is 3.99. The molecule has 18 heavy (non-hydrogen) atoms. The quantitative estimate of drug-likeness (QED) is 0.837. The average molecular weight is 307 g/mol. The van der Waals surface area contributed by atoms with Gasteiger partial charge in [-0.05, 0) is 36.4 Å². The molecule has 0 saturated carbocycles.